The van der Waals surface area contributed by atoms with Crippen molar-refractivity contribution >= 4 is 38.3 Å². The van der Waals surface area contributed by atoms with E-state index >= 15 is 0 Å². The van der Waals surface area contributed by atoms with Crippen molar-refractivity contribution in [2.75, 3.05) is 4.72 Å². The largest absolute Gasteiger partial charge is 0.290 e. The molecule has 4 rings (SSSR count). The van der Waals surface area contributed by atoms with Gasteiger partial charge >= 0.3 is 0 Å². The molecule has 10 nitrogen and oxygen atoms in total. The third kappa shape index (κ3) is 5.04. The maximum atomic E-state index is 12.7. The minimum atomic E-state index is -3.84. The number of anilines is 1. The molecule has 3 N–H and O–H groups in total. The van der Waals surface area contributed by atoms with Gasteiger partial charge in [0.25, 0.3) is 27.4 Å². The van der Waals surface area contributed by atoms with E-state index in [2.05, 4.69) is 20.7 Å². The van der Waals surface area contributed by atoms with E-state index in [1.54, 1.807) is 61.5 Å². The number of aromatic nitrogens is 2. The van der Waals surface area contributed by atoms with Gasteiger partial charge in [-0.3, -0.25) is 30.0 Å². The van der Waals surface area contributed by atoms with Crippen LogP contribution in [-0.4, -0.2) is 30.0 Å². The average molecular weight is 492 g/mol. The number of fused-ring (bicyclic) bond motifs is 1. The van der Waals surface area contributed by atoms with Crippen molar-refractivity contribution < 1.29 is 18.0 Å². The number of hydrogen-bond donors (Lipinski definition) is 3. The lowest BCUT2D eigenvalue weighted by Crippen LogP contribution is -2.42. The Balaban J connectivity index is 1.47. The molecular formula is C24H21N5O5S. The van der Waals surface area contributed by atoms with E-state index in [1.165, 1.54) is 28.9 Å². The van der Waals surface area contributed by atoms with Crippen LogP contribution in [0.4, 0.5) is 5.69 Å². The average Bonchev–Trinajstić information content (AvgIpc) is 2.88. The molecule has 0 saturated carbocycles. The summed E-state index contributed by atoms with van der Waals surface area (Å²) in [6.45, 7) is 2.00. The van der Waals surface area contributed by atoms with E-state index in [0.717, 1.165) is 0 Å². The Morgan fingerprint density at radius 1 is 0.829 bits per heavy atom. The number of carbonyl (C=O) groups is 2. The van der Waals surface area contributed by atoms with Gasteiger partial charge in [0.2, 0.25) is 0 Å². The van der Waals surface area contributed by atoms with Crippen molar-refractivity contribution in [2.45, 2.75) is 18.4 Å². The van der Waals surface area contributed by atoms with Gasteiger partial charge in [0.1, 0.15) is 0 Å². The van der Waals surface area contributed by atoms with Gasteiger partial charge < -0.3 is 0 Å². The molecule has 4 aromatic rings. The van der Waals surface area contributed by atoms with Crippen LogP contribution in [0.5, 0.6) is 0 Å². The fourth-order valence-electron chi connectivity index (χ4n) is 3.37. The number of hydrogen-bond acceptors (Lipinski definition) is 6. The predicted molar refractivity (Wildman–Crippen MR) is 130 cm³/mol. The molecule has 0 unspecified atom stereocenters. The fourth-order valence-corrected chi connectivity index (χ4v) is 4.43. The van der Waals surface area contributed by atoms with E-state index in [9.17, 15) is 22.8 Å². The number of sulfonamides is 1. The van der Waals surface area contributed by atoms with Crippen LogP contribution in [0.1, 0.15) is 27.8 Å². The van der Waals surface area contributed by atoms with Gasteiger partial charge in [-0.2, -0.15) is 5.10 Å². The summed E-state index contributed by atoms with van der Waals surface area (Å²) in [5.74, 6) is -1.37. The number of rotatable bonds is 6. The van der Waals surface area contributed by atoms with Crippen molar-refractivity contribution in [1.82, 2.24) is 20.6 Å². The topological polar surface area (TPSA) is 139 Å². The van der Waals surface area contributed by atoms with Crippen molar-refractivity contribution in [2.24, 2.45) is 0 Å². The maximum absolute atomic E-state index is 12.7. The zero-order valence-electron chi connectivity index (χ0n) is 18.6. The second kappa shape index (κ2) is 9.77. The van der Waals surface area contributed by atoms with Gasteiger partial charge in [0.05, 0.1) is 10.3 Å². The monoisotopic (exact) mass is 491 g/mol. The number of carbonyl (C=O) groups excluding carboxylic acids is 2. The molecule has 35 heavy (non-hydrogen) atoms. The van der Waals surface area contributed by atoms with Gasteiger partial charge in [-0.25, -0.2) is 13.1 Å². The lowest BCUT2D eigenvalue weighted by atomic mass is 10.1. The Morgan fingerprint density at radius 2 is 1.43 bits per heavy atom. The molecule has 0 aliphatic carbocycles. The first-order valence-electron chi connectivity index (χ1n) is 10.6. The molecule has 0 bridgehead atoms. The minimum Gasteiger partial charge on any atom is -0.280 e. The normalized spacial score (nSPS) is 11.1. The summed E-state index contributed by atoms with van der Waals surface area (Å²) in [7, 11) is -3.84. The fraction of sp³-hybridized carbons (Fsp3) is 0.0833. The summed E-state index contributed by atoms with van der Waals surface area (Å²) in [6, 6.07) is 20.2. The Bertz CT molecular complexity index is 1570. The standard InChI is InChI=1S/C24H21N5O5S/c1-2-29-24(32)20-11-7-6-10-19(20)21(27-29)23(31)26-25-22(30)16-12-14-18(15-13-16)35(33,34)28-17-8-4-3-5-9-17/h3-15,28H,2H2,1H3,(H,25,30)(H,26,31). The summed E-state index contributed by atoms with van der Waals surface area (Å²) in [4.78, 5) is 37.7. The molecule has 0 aliphatic rings. The molecule has 2 amide bonds. The van der Waals surface area contributed by atoms with E-state index in [0.29, 0.717) is 16.5 Å². The highest BCUT2D eigenvalue weighted by molar-refractivity contribution is 7.92. The van der Waals surface area contributed by atoms with Crippen LogP contribution in [0.15, 0.2) is 88.6 Å². The maximum Gasteiger partial charge on any atom is 0.290 e. The Hall–Kier alpha value is -4.51. The van der Waals surface area contributed by atoms with E-state index in [1.807, 2.05) is 0 Å². The zero-order valence-corrected chi connectivity index (χ0v) is 19.4. The van der Waals surface area contributed by atoms with E-state index < -0.39 is 21.8 Å². The van der Waals surface area contributed by atoms with Gasteiger partial charge in [-0.05, 0) is 49.4 Å². The molecule has 0 aliphatic heterocycles. The van der Waals surface area contributed by atoms with Crippen LogP contribution < -0.4 is 21.1 Å². The SMILES string of the molecule is CCn1nc(C(=O)NNC(=O)c2ccc(S(=O)(=O)Nc3ccccc3)cc2)c2ccccc2c1=O. The first kappa shape index (κ1) is 23.6. The molecule has 1 heterocycles. The molecular weight excluding hydrogens is 470 g/mol. The molecule has 11 heteroatoms. The summed E-state index contributed by atoms with van der Waals surface area (Å²) in [5, 5.41) is 4.80. The zero-order chi connectivity index (χ0) is 25.0. The number of nitrogens with zero attached hydrogens (tertiary/aromatic N) is 2. The highest BCUT2D eigenvalue weighted by atomic mass is 32.2. The molecule has 178 valence electrons. The molecule has 0 radical (unpaired) electrons. The first-order valence-corrected chi connectivity index (χ1v) is 12.1. The number of hydrazine groups is 1. The summed E-state index contributed by atoms with van der Waals surface area (Å²) in [6.07, 6.45) is 0. The molecule has 0 fully saturated rings. The third-order valence-electron chi connectivity index (χ3n) is 5.12. The summed E-state index contributed by atoms with van der Waals surface area (Å²) >= 11 is 0. The highest BCUT2D eigenvalue weighted by Gasteiger charge is 2.18. The second-order valence-corrected chi connectivity index (χ2v) is 9.10. The highest BCUT2D eigenvalue weighted by Crippen LogP contribution is 2.16. The predicted octanol–water partition coefficient (Wildman–Crippen LogP) is 2.29. The molecule has 3 aromatic carbocycles. The minimum absolute atomic E-state index is 0.0178. The quantitative estimate of drug-likeness (QED) is 0.354. The van der Waals surface area contributed by atoms with Crippen LogP contribution in [0, 0.1) is 0 Å². The smallest absolute Gasteiger partial charge is 0.280 e. The van der Waals surface area contributed by atoms with Crippen molar-refractivity contribution in [3.8, 4) is 0 Å². The van der Waals surface area contributed by atoms with E-state index in [-0.39, 0.29) is 28.3 Å². The Morgan fingerprint density at radius 3 is 2.09 bits per heavy atom. The Kier molecular flexibility index (Phi) is 6.60. The van der Waals surface area contributed by atoms with Crippen LogP contribution in [0.3, 0.4) is 0 Å². The van der Waals surface area contributed by atoms with Crippen LogP contribution in [0.25, 0.3) is 10.8 Å². The van der Waals surface area contributed by atoms with Crippen LogP contribution >= 0.6 is 0 Å². The first-order chi connectivity index (χ1) is 16.8. The van der Waals surface area contributed by atoms with Gasteiger partial charge in [-0.15, -0.1) is 0 Å². The van der Waals surface area contributed by atoms with Crippen molar-refractivity contribution in [3.63, 3.8) is 0 Å². The van der Waals surface area contributed by atoms with E-state index in [4.69, 9.17) is 0 Å². The van der Waals surface area contributed by atoms with Crippen LogP contribution in [-0.2, 0) is 16.6 Å². The molecule has 1 aromatic heterocycles. The van der Waals surface area contributed by atoms with Gasteiger partial charge in [0, 0.05) is 23.2 Å². The van der Waals surface area contributed by atoms with Crippen LogP contribution in [0.2, 0.25) is 0 Å². The van der Waals surface area contributed by atoms with Gasteiger partial charge in [-0.1, -0.05) is 36.4 Å². The van der Waals surface area contributed by atoms with Gasteiger partial charge in [0.15, 0.2) is 5.69 Å². The molecule has 0 atom stereocenters. The number of amides is 2. The number of aryl methyl sites for hydroxylation is 1. The summed E-state index contributed by atoms with van der Waals surface area (Å²) < 4.78 is 28.7. The number of benzene rings is 3. The second-order valence-electron chi connectivity index (χ2n) is 7.42. The van der Waals surface area contributed by atoms with Crippen molar-refractivity contribution in [1.29, 1.82) is 0 Å². The lowest BCUT2D eigenvalue weighted by Gasteiger charge is -2.11. The summed E-state index contributed by atoms with van der Waals surface area (Å²) in [5.41, 5.74) is 4.77. The molecule has 0 spiro atoms. The molecule has 0 saturated heterocycles. The lowest BCUT2D eigenvalue weighted by molar-refractivity contribution is 0.0843. The number of nitrogens with one attached hydrogen (secondary N) is 3. The third-order valence-corrected chi connectivity index (χ3v) is 6.52. The van der Waals surface area contributed by atoms with Crippen molar-refractivity contribution in [3.05, 3.63) is 100 Å². The Labute approximate surface area is 200 Å². The number of para-hydroxylation sites is 1.